The summed E-state index contributed by atoms with van der Waals surface area (Å²) in [6, 6.07) is 24.5. The van der Waals surface area contributed by atoms with E-state index in [1.54, 1.807) is 4.90 Å². The molecule has 0 unspecified atom stereocenters. The fraction of sp³-hybridized carbons (Fsp3) is 0.208. The molecule has 0 radical (unpaired) electrons. The number of piperazine rings is 1. The van der Waals surface area contributed by atoms with Crippen LogP contribution in [0.15, 0.2) is 89.8 Å². The average Bonchev–Trinajstić information content (AvgIpc) is 2.81. The SMILES string of the molecule is O=C(C(c1ccccc1)c1ccccc1)N1CCN(S(=O)(=O)c2ccccc2F)CC1. The predicted octanol–water partition coefficient (Wildman–Crippen LogP) is 3.49. The lowest BCUT2D eigenvalue weighted by molar-refractivity contribution is -0.133. The van der Waals surface area contributed by atoms with Crippen LogP contribution < -0.4 is 0 Å². The number of hydrogen-bond acceptors (Lipinski definition) is 3. The first-order chi connectivity index (χ1) is 15.0. The topological polar surface area (TPSA) is 57.7 Å². The third-order valence-corrected chi connectivity index (χ3v) is 7.45. The van der Waals surface area contributed by atoms with Gasteiger partial charge in [-0.2, -0.15) is 4.31 Å². The van der Waals surface area contributed by atoms with Gasteiger partial charge >= 0.3 is 0 Å². The van der Waals surface area contributed by atoms with Crippen LogP contribution in [0.1, 0.15) is 17.0 Å². The standard InChI is InChI=1S/C24H23FN2O3S/c25-21-13-7-8-14-22(21)31(29,30)27-17-15-26(16-18-27)24(28)23(19-9-3-1-4-10-19)20-11-5-2-6-12-20/h1-14,23H,15-18H2. The van der Waals surface area contributed by atoms with Gasteiger partial charge in [0.05, 0.1) is 5.92 Å². The number of nitrogens with zero attached hydrogens (tertiary/aromatic N) is 2. The largest absolute Gasteiger partial charge is 0.339 e. The minimum Gasteiger partial charge on any atom is -0.339 e. The molecule has 3 aromatic carbocycles. The van der Waals surface area contributed by atoms with Gasteiger partial charge in [0.1, 0.15) is 10.7 Å². The van der Waals surface area contributed by atoms with Crippen LogP contribution in [-0.4, -0.2) is 49.7 Å². The van der Waals surface area contributed by atoms with Crippen LogP contribution in [0.4, 0.5) is 4.39 Å². The first-order valence-corrected chi connectivity index (χ1v) is 11.6. The van der Waals surface area contributed by atoms with Gasteiger partial charge in [-0.05, 0) is 23.3 Å². The maximum Gasteiger partial charge on any atom is 0.246 e. The molecule has 1 fully saturated rings. The lowest BCUT2D eigenvalue weighted by Crippen LogP contribution is -2.51. The van der Waals surface area contributed by atoms with Crippen molar-refractivity contribution in [2.24, 2.45) is 0 Å². The second kappa shape index (κ2) is 8.99. The molecule has 7 heteroatoms. The minimum atomic E-state index is -3.95. The lowest BCUT2D eigenvalue weighted by atomic mass is 9.90. The van der Waals surface area contributed by atoms with Crippen LogP contribution >= 0.6 is 0 Å². The fourth-order valence-electron chi connectivity index (χ4n) is 3.89. The predicted molar refractivity (Wildman–Crippen MR) is 116 cm³/mol. The smallest absolute Gasteiger partial charge is 0.246 e. The summed E-state index contributed by atoms with van der Waals surface area (Å²) in [7, 11) is -3.95. The summed E-state index contributed by atoms with van der Waals surface area (Å²) in [5, 5.41) is 0. The summed E-state index contributed by atoms with van der Waals surface area (Å²) < 4.78 is 41.0. The van der Waals surface area contributed by atoms with Crippen LogP contribution in [-0.2, 0) is 14.8 Å². The summed E-state index contributed by atoms with van der Waals surface area (Å²) in [4.78, 5) is 14.8. The Morgan fingerprint density at radius 3 is 1.74 bits per heavy atom. The van der Waals surface area contributed by atoms with Crippen LogP contribution in [0.5, 0.6) is 0 Å². The van der Waals surface area contributed by atoms with E-state index in [-0.39, 0.29) is 37.0 Å². The van der Waals surface area contributed by atoms with E-state index in [9.17, 15) is 17.6 Å². The summed E-state index contributed by atoms with van der Waals surface area (Å²) in [5.74, 6) is -1.30. The van der Waals surface area contributed by atoms with Crippen molar-refractivity contribution in [3.05, 3.63) is 102 Å². The molecule has 1 aliphatic heterocycles. The summed E-state index contributed by atoms with van der Waals surface area (Å²) in [6.45, 7) is 0.753. The van der Waals surface area contributed by atoms with E-state index in [0.29, 0.717) is 0 Å². The van der Waals surface area contributed by atoms with Crippen molar-refractivity contribution in [3.8, 4) is 0 Å². The van der Waals surface area contributed by atoms with Crippen molar-refractivity contribution in [3.63, 3.8) is 0 Å². The Morgan fingerprint density at radius 2 is 1.23 bits per heavy atom. The number of carbonyl (C=O) groups is 1. The van der Waals surface area contributed by atoms with E-state index in [0.717, 1.165) is 17.2 Å². The van der Waals surface area contributed by atoms with Gasteiger partial charge in [-0.3, -0.25) is 4.79 Å². The molecule has 160 valence electrons. The van der Waals surface area contributed by atoms with Gasteiger partial charge in [0.15, 0.2) is 0 Å². The first kappa shape index (κ1) is 21.2. The molecule has 5 nitrogen and oxygen atoms in total. The zero-order valence-electron chi connectivity index (χ0n) is 16.9. The highest BCUT2D eigenvalue weighted by Gasteiger charge is 2.34. The van der Waals surface area contributed by atoms with E-state index in [2.05, 4.69) is 0 Å². The van der Waals surface area contributed by atoms with Crippen LogP contribution in [0.25, 0.3) is 0 Å². The minimum absolute atomic E-state index is 0.0691. The monoisotopic (exact) mass is 438 g/mol. The number of carbonyl (C=O) groups excluding carboxylic acids is 1. The quantitative estimate of drug-likeness (QED) is 0.613. The van der Waals surface area contributed by atoms with Crippen LogP contribution in [0, 0.1) is 5.82 Å². The third-order valence-electron chi connectivity index (χ3n) is 5.52. The van der Waals surface area contributed by atoms with Gasteiger partial charge in [0.25, 0.3) is 0 Å². The van der Waals surface area contributed by atoms with Gasteiger partial charge in [0, 0.05) is 26.2 Å². The molecule has 0 aromatic heterocycles. The third kappa shape index (κ3) is 4.38. The zero-order chi connectivity index (χ0) is 21.8. The van der Waals surface area contributed by atoms with E-state index in [1.807, 2.05) is 60.7 Å². The van der Waals surface area contributed by atoms with E-state index >= 15 is 0 Å². The number of halogens is 1. The Morgan fingerprint density at radius 1 is 0.742 bits per heavy atom. The Hall–Kier alpha value is -3.03. The summed E-state index contributed by atoms with van der Waals surface area (Å²) in [6.07, 6.45) is 0. The average molecular weight is 439 g/mol. The van der Waals surface area contributed by atoms with Crippen LogP contribution in [0.2, 0.25) is 0 Å². The van der Waals surface area contributed by atoms with Gasteiger partial charge in [0.2, 0.25) is 15.9 Å². The molecule has 0 spiro atoms. The lowest BCUT2D eigenvalue weighted by Gasteiger charge is -2.36. The molecular weight excluding hydrogens is 415 g/mol. The van der Waals surface area contributed by atoms with Crippen molar-refractivity contribution in [2.75, 3.05) is 26.2 Å². The molecule has 1 saturated heterocycles. The van der Waals surface area contributed by atoms with E-state index in [1.165, 1.54) is 22.5 Å². The van der Waals surface area contributed by atoms with Crippen molar-refractivity contribution >= 4 is 15.9 Å². The van der Waals surface area contributed by atoms with Gasteiger partial charge in [-0.15, -0.1) is 0 Å². The Bertz CT molecular complexity index is 1110. The summed E-state index contributed by atoms with van der Waals surface area (Å²) >= 11 is 0. The second-order valence-corrected chi connectivity index (χ2v) is 9.32. The highest BCUT2D eigenvalue weighted by molar-refractivity contribution is 7.89. The molecule has 1 heterocycles. The molecule has 3 aromatic rings. The molecule has 0 aliphatic carbocycles. The molecule has 1 aliphatic rings. The van der Waals surface area contributed by atoms with Crippen LogP contribution in [0.3, 0.4) is 0 Å². The van der Waals surface area contributed by atoms with E-state index in [4.69, 9.17) is 0 Å². The number of rotatable bonds is 5. The molecule has 0 bridgehead atoms. The molecular formula is C24H23FN2O3S. The highest BCUT2D eigenvalue weighted by atomic mass is 32.2. The molecule has 0 atom stereocenters. The van der Waals surface area contributed by atoms with Crippen molar-refractivity contribution < 1.29 is 17.6 Å². The number of benzene rings is 3. The number of amides is 1. The second-order valence-electron chi connectivity index (χ2n) is 7.41. The zero-order valence-corrected chi connectivity index (χ0v) is 17.7. The molecule has 31 heavy (non-hydrogen) atoms. The fourth-order valence-corrected chi connectivity index (χ4v) is 5.38. The van der Waals surface area contributed by atoms with Crippen molar-refractivity contribution in [1.29, 1.82) is 0 Å². The number of sulfonamides is 1. The number of hydrogen-bond donors (Lipinski definition) is 0. The van der Waals surface area contributed by atoms with Gasteiger partial charge in [-0.1, -0.05) is 72.8 Å². The van der Waals surface area contributed by atoms with Crippen molar-refractivity contribution in [1.82, 2.24) is 9.21 Å². The molecule has 4 rings (SSSR count). The molecule has 0 N–H and O–H groups in total. The highest BCUT2D eigenvalue weighted by Crippen LogP contribution is 2.28. The summed E-state index contributed by atoms with van der Waals surface area (Å²) in [5.41, 5.74) is 1.78. The first-order valence-electron chi connectivity index (χ1n) is 10.1. The molecule has 0 saturated carbocycles. The Labute approximate surface area is 181 Å². The van der Waals surface area contributed by atoms with Crippen molar-refractivity contribution in [2.45, 2.75) is 10.8 Å². The Kier molecular flexibility index (Phi) is 6.15. The maximum absolute atomic E-state index is 14.1. The van der Waals surface area contributed by atoms with Gasteiger partial charge in [-0.25, -0.2) is 12.8 Å². The van der Waals surface area contributed by atoms with E-state index < -0.39 is 21.8 Å². The maximum atomic E-state index is 14.1. The Balaban J connectivity index is 1.53. The molecule has 1 amide bonds. The normalized spacial score (nSPS) is 15.2. The van der Waals surface area contributed by atoms with Gasteiger partial charge < -0.3 is 4.90 Å².